The predicted molar refractivity (Wildman–Crippen MR) is 55.1 cm³/mol. The van der Waals surface area contributed by atoms with E-state index in [0.717, 1.165) is 12.8 Å². The third-order valence-corrected chi connectivity index (χ3v) is 4.29. The van der Waals surface area contributed by atoms with E-state index >= 15 is 0 Å². The summed E-state index contributed by atoms with van der Waals surface area (Å²) in [7, 11) is 0. The molecule has 0 atom stereocenters. The van der Waals surface area contributed by atoms with Crippen LogP contribution in [0, 0.1) is 11.3 Å². The van der Waals surface area contributed by atoms with E-state index in [1.54, 1.807) is 0 Å². The summed E-state index contributed by atoms with van der Waals surface area (Å²) in [4.78, 5) is 10.6. The Bertz CT molecular complexity index is 206. The molecule has 1 spiro atoms. The maximum atomic E-state index is 10.6. The number of aliphatic carboxylic acids is 1. The monoisotopic (exact) mass is 196 g/mol. The van der Waals surface area contributed by atoms with Crippen molar-refractivity contribution < 1.29 is 9.90 Å². The topological polar surface area (TPSA) is 37.3 Å². The first-order valence-corrected chi connectivity index (χ1v) is 5.92. The van der Waals surface area contributed by atoms with Crippen molar-refractivity contribution >= 4 is 5.97 Å². The number of carbonyl (C=O) groups is 1. The van der Waals surface area contributed by atoms with Gasteiger partial charge in [0.25, 0.3) is 0 Å². The Hall–Kier alpha value is -0.530. The van der Waals surface area contributed by atoms with Gasteiger partial charge < -0.3 is 5.11 Å². The first kappa shape index (κ1) is 10.0. The molecule has 0 radical (unpaired) electrons. The molecule has 0 amide bonds. The highest BCUT2D eigenvalue weighted by atomic mass is 16.4. The average Bonchev–Trinajstić information content (AvgIpc) is 2.58. The second-order valence-corrected chi connectivity index (χ2v) is 5.25. The molecule has 2 heteroatoms. The molecule has 0 aromatic rings. The first-order valence-electron chi connectivity index (χ1n) is 5.92. The maximum Gasteiger partial charge on any atom is 0.303 e. The summed E-state index contributed by atoms with van der Waals surface area (Å²) in [6, 6.07) is 0. The van der Waals surface area contributed by atoms with Crippen LogP contribution in [0.3, 0.4) is 0 Å². The highest BCUT2D eigenvalue weighted by molar-refractivity contribution is 5.67. The molecule has 0 aromatic carbocycles. The lowest BCUT2D eigenvalue weighted by Crippen LogP contribution is -2.25. The van der Waals surface area contributed by atoms with Crippen molar-refractivity contribution in [2.75, 3.05) is 0 Å². The van der Waals surface area contributed by atoms with Gasteiger partial charge >= 0.3 is 5.97 Å². The normalized spacial score (nSPS) is 26.9. The van der Waals surface area contributed by atoms with E-state index < -0.39 is 5.97 Å². The van der Waals surface area contributed by atoms with Crippen LogP contribution in [-0.2, 0) is 4.79 Å². The highest BCUT2D eigenvalue weighted by Gasteiger charge is 2.37. The van der Waals surface area contributed by atoms with Crippen LogP contribution >= 0.6 is 0 Å². The van der Waals surface area contributed by atoms with Crippen molar-refractivity contribution in [3.63, 3.8) is 0 Å². The standard InChI is InChI=1S/C12H20O2/c13-11(14)9-10-3-7-12(8-4-10)5-1-2-6-12/h10H,1-9H2,(H,13,14). The maximum absolute atomic E-state index is 10.6. The zero-order valence-electron chi connectivity index (χ0n) is 8.80. The van der Waals surface area contributed by atoms with E-state index in [2.05, 4.69) is 0 Å². The molecule has 2 nitrogen and oxygen atoms in total. The number of rotatable bonds is 2. The zero-order valence-corrected chi connectivity index (χ0v) is 8.80. The number of hydrogen-bond acceptors (Lipinski definition) is 1. The molecule has 2 saturated carbocycles. The Balaban J connectivity index is 1.82. The molecule has 2 aliphatic carbocycles. The van der Waals surface area contributed by atoms with Gasteiger partial charge in [-0.15, -0.1) is 0 Å². The molecule has 2 fully saturated rings. The minimum absolute atomic E-state index is 0.399. The molecule has 1 N–H and O–H groups in total. The third-order valence-electron chi connectivity index (χ3n) is 4.29. The van der Waals surface area contributed by atoms with Crippen LogP contribution in [0.1, 0.15) is 57.8 Å². The second kappa shape index (κ2) is 3.92. The van der Waals surface area contributed by atoms with E-state index in [0.29, 0.717) is 17.8 Å². The summed E-state index contributed by atoms with van der Waals surface area (Å²) < 4.78 is 0. The van der Waals surface area contributed by atoms with Crippen molar-refractivity contribution in [2.45, 2.75) is 57.8 Å². The third kappa shape index (κ3) is 2.10. The van der Waals surface area contributed by atoms with Crippen LogP contribution in [0.25, 0.3) is 0 Å². The Morgan fingerprint density at radius 3 is 2.21 bits per heavy atom. The molecule has 0 aliphatic heterocycles. The van der Waals surface area contributed by atoms with Gasteiger partial charge in [0.2, 0.25) is 0 Å². The summed E-state index contributed by atoms with van der Waals surface area (Å²) in [5.74, 6) is -0.143. The smallest absolute Gasteiger partial charge is 0.303 e. The fourth-order valence-corrected chi connectivity index (χ4v) is 3.37. The van der Waals surface area contributed by atoms with Gasteiger partial charge in [-0.05, 0) is 49.9 Å². The summed E-state index contributed by atoms with van der Waals surface area (Å²) in [6.45, 7) is 0. The van der Waals surface area contributed by atoms with E-state index in [-0.39, 0.29) is 0 Å². The molecular formula is C12H20O2. The van der Waals surface area contributed by atoms with Gasteiger partial charge in [0.15, 0.2) is 0 Å². The van der Waals surface area contributed by atoms with Crippen LogP contribution in [0.2, 0.25) is 0 Å². The summed E-state index contributed by atoms with van der Waals surface area (Å²) in [6.07, 6.45) is 10.9. The highest BCUT2D eigenvalue weighted by Crippen LogP contribution is 2.50. The Morgan fingerprint density at radius 1 is 1.14 bits per heavy atom. The lowest BCUT2D eigenvalue weighted by Gasteiger charge is -2.36. The van der Waals surface area contributed by atoms with Crippen LogP contribution in [0.5, 0.6) is 0 Å². The fraction of sp³-hybridized carbons (Fsp3) is 0.917. The minimum Gasteiger partial charge on any atom is -0.481 e. The number of carboxylic acid groups (broad SMARTS) is 1. The number of hydrogen-bond donors (Lipinski definition) is 1. The van der Waals surface area contributed by atoms with Crippen LogP contribution in [0.15, 0.2) is 0 Å². The molecule has 0 bridgehead atoms. The molecule has 0 heterocycles. The molecule has 2 aliphatic rings. The largest absolute Gasteiger partial charge is 0.481 e. The zero-order chi connectivity index (χ0) is 10.0. The predicted octanol–water partition coefficient (Wildman–Crippen LogP) is 3.21. The number of carboxylic acids is 1. The quantitative estimate of drug-likeness (QED) is 0.736. The lowest BCUT2D eigenvalue weighted by molar-refractivity contribution is -0.138. The van der Waals surface area contributed by atoms with Crippen molar-refractivity contribution in [1.82, 2.24) is 0 Å². The van der Waals surface area contributed by atoms with E-state index in [1.165, 1.54) is 38.5 Å². The Labute approximate surface area is 85.7 Å². The second-order valence-electron chi connectivity index (χ2n) is 5.25. The molecule has 14 heavy (non-hydrogen) atoms. The molecule has 0 unspecified atom stereocenters. The van der Waals surface area contributed by atoms with Crippen LogP contribution < -0.4 is 0 Å². The minimum atomic E-state index is -0.614. The van der Waals surface area contributed by atoms with Gasteiger partial charge in [0, 0.05) is 6.42 Å². The Morgan fingerprint density at radius 2 is 1.71 bits per heavy atom. The summed E-state index contributed by atoms with van der Waals surface area (Å²) >= 11 is 0. The molecular weight excluding hydrogens is 176 g/mol. The molecule has 2 rings (SSSR count). The molecule has 0 aromatic heterocycles. The summed E-state index contributed by atoms with van der Waals surface area (Å²) in [5, 5.41) is 8.72. The molecule has 80 valence electrons. The van der Waals surface area contributed by atoms with E-state index in [1.807, 2.05) is 0 Å². The van der Waals surface area contributed by atoms with Gasteiger partial charge in [-0.3, -0.25) is 4.79 Å². The van der Waals surface area contributed by atoms with Crippen molar-refractivity contribution in [1.29, 1.82) is 0 Å². The van der Waals surface area contributed by atoms with E-state index in [4.69, 9.17) is 5.11 Å². The average molecular weight is 196 g/mol. The van der Waals surface area contributed by atoms with Crippen molar-refractivity contribution in [3.05, 3.63) is 0 Å². The van der Waals surface area contributed by atoms with Gasteiger partial charge in [-0.2, -0.15) is 0 Å². The molecule has 0 saturated heterocycles. The van der Waals surface area contributed by atoms with Gasteiger partial charge in [-0.25, -0.2) is 0 Å². The first-order chi connectivity index (χ1) is 6.70. The van der Waals surface area contributed by atoms with Crippen LogP contribution in [0.4, 0.5) is 0 Å². The van der Waals surface area contributed by atoms with Crippen molar-refractivity contribution in [3.8, 4) is 0 Å². The van der Waals surface area contributed by atoms with Gasteiger partial charge in [-0.1, -0.05) is 12.8 Å². The SMILES string of the molecule is O=C(O)CC1CCC2(CCCC2)CC1. The lowest BCUT2D eigenvalue weighted by atomic mass is 9.69. The summed E-state index contributed by atoms with van der Waals surface area (Å²) in [5.41, 5.74) is 0.648. The van der Waals surface area contributed by atoms with Gasteiger partial charge in [0.05, 0.1) is 0 Å². The van der Waals surface area contributed by atoms with Crippen molar-refractivity contribution in [2.24, 2.45) is 11.3 Å². The van der Waals surface area contributed by atoms with Crippen LogP contribution in [-0.4, -0.2) is 11.1 Å². The fourth-order valence-electron chi connectivity index (χ4n) is 3.37. The Kier molecular flexibility index (Phi) is 2.80. The van der Waals surface area contributed by atoms with Gasteiger partial charge in [0.1, 0.15) is 0 Å². The van der Waals surface area contributed by atoms with E-state index in [9.17, 15) is 4.79 Å².